The second-order valence-electron chi connectivity index (χ2n) is 8.54. The van der Waals surface area contributed by atoms with Crippen LogP contribution in [0.25, 0.3) is 0 Å². The van der Waals surface area contributed by atoms with Gasteiger partial charge in [0.05, 0.1) is 82.1 Å². The van der Waals surface area contributed by atoms with Crippen LogP contribution in [0.15, 0.2) is 28.2 Å². The highest BCUT2D eigenvalue weighted by atomic mass is 32.2. The van der Waals surface area contributed by atoms with Gasteiger partial charge < -0.3 is 28.4 Å². The molecule has 0 saturated carbocycles. The monoisotopic (exact) mass is 566 g/mol. The molecule has 0 bridgehead atoms. The largest absolute Gasteiger partial charge is 0.518 e. The van der Waals surface area contributed by atoms with Crippen LogP contribution in [-0.2, 0) is 18.9 Å². The first kappa shape index (κ1) is 27.2. The van der Waals surface area contributed by atoms with E-state index in [4.69, 9.17) is 33.4 Å². The topological polar surface area (TPSA) is 110 Å². The molecular formula is C24H34N6O6S2+2. The SMILES string of the molecule is CN=C1N[N+]2=C(C)C(C)=[N+]3NC(=Nc4ccc5c(c4)OCCOCCOCCOCCOCCO5)SC23S1. The highest BCUT2D eigenvalue weighted by Gasteiger charge is 2.74. The average molecular weight is 567 g/mol. The molecule has 0 aromatic heterocycles. The molecule has 0 aliphatic carbocycles. The van der Waals surface area contributed by atoms with Gasteiger partial charge in [0.1, 0.15) is 13.2 Å². The van der Waals surface area contributed by atoms with Crippen LogP contribution in [-0.4, -0.2) is 109 Å². The van der Waals surface area contributed by atoms with Crippen molar-refractivity contribution in [2.45, 2.75) is 18.2 Å². The predicted molar refractivity (Wildman–Crippen MR) is 147 cm³/mol. The first-order chi connectivity index (χ1) is 18.6. The summed E-state index contributed by atoms with van der Waals surface area (Å²) in [6.45, 7) is 8.91. The molecule has 4 aliphatic heterocycles. The number of hydrazone groups is 2. The van der Waals surface area contributed by atoms with Gasteiger partial charge in [0.15, 0.2) is 11.5 Å². The number of thioether (sulfide) groups is 2. The lowest BCUT2D eigenvalue weighted by molar-refractivity contribution is -0.779. The standard InChI is InChI=1S/C24H33N6O6S2/c1-17-18(2)30-24(29(17)27-22(25-3)37-24)38-23(28-30)26-19-4-5-20-21(16-19)36-15-13-34-11-9-32-7-6-31-8-10-33-12-14-35-20/h4-5,16H,6-15H2,1-3H3,(H,26,28)/q+1/p+1. The van der Waals surface area contributed by atoms with E-state index in [1.165, 1.54) is 0 Å². The van der Waals surface area contributed by atoms with E-state index < -0.39 is 4.33 Å². The van der Waals surface area contributed by atoms with Gasteiger partial charge >= 0.3 is 4.33 Å². The molecule has 1 aromatic rings. The van der Waals surface area contributed by atoms with Gasteiger partial charge in [-0.25, -0.2) is 4.99 Å². The van der Waals surface area contributed by atoms with Gasteiger partial charge in [0.25, 0.3) is 11.4 Å². The molecular weight excluding hydrogens is 532 g/mol. The predicted octanol–water partition coefficient (Wildman–Crippen LogP) is 1.57. The minimum atomic E-state index is -0.448. The molecule has 1 aromatic carbocycles. The van der Waals surface area contributed by atoms with Crippen molar-refractivity contribution in [3.63, 3.8) is 0 Å². The molecule has 4 aliphatic rings. The quantitative estimate of drug-likeness (QED) is 0.486. The lowest BCUT2D eigenvalue weighted by Crippen LogP contribution is -2.42. The molecule has 2 fully saturated rings. The number of rotatable bonds is 1. The van der Waals surface area contributed by atoms with Crippen molar-refractivity contribution in [3.8, 4) is 11.5 Å². The molecule has 206 valence electrons. The highest BCUT2D eigenvalue weighted by molar-refractivity contribution is 8.30. The summed E-state index contributed by atoms with van der Waals surface area (Å²) in [5, 5.41) is 1.63. The van der Waals surface area contributed by atoms with E-state index in [1.54, 1.807) is 30.6 Å². The highest BCUT2D eigenvalue weighted by Crippen LogP contribution is 2.48. The molecule has 1 unspecified atom stereocenters. The molecule has 2 saturated heterocycles. The van der Waals surface area contributed by atoms with Crippen LogP contribution in [0.1, 0.15) is 13.8 Å². The molecule has 12 nitrogen and oxygen atoms in total. The molecule has 0 radical (unpaired) electrons. The van der Waals surface area contributed by atoms with Crippen LogP contribution in [0.4, 0.5) is 5.69 Å². The van der Waals surface area contributed by atoms with E-state index in [0.29, 0.717) is 77.6 Å². The summed E-state index contributed by atoms with van der Waals surface area (Å²) < 4.78 is 38.0. The molecule has 0 amide bonds. The van der Waals surface area contributed by atoms with Gasteiger partial charge in [-0.3, -0.25) is 4.99 Å². The van der Waals surface area contributed by atoms with E-state index in [1.807, 2.05) is 18.2 Å². The summed E-state index contributed by atoms with van der Waals surface area (Å²) in [7, 11) is 1.79. The third-order valence-corrected chi connectivity index (χ3v) is 8.69. The Morgan fingerprint density at radius 2 is 1.21 bits per heavy atom. The van der Waals surface area contributed by atoms with E-state index in [2.05, 4.69) is 39.1 Å². The summed E-state index contributed by atoms with van der Waals surface area (Å²) in [5.74, 6) is 1.23. The number of nitrogens with one attached hydrogen (secondary N) is 2. The Bertz CT molecular complexity index is 1160. The maximum Gasteiger partial charge on any atom is 0.518 e. The fourth-order valence-electron chi connectivity index (χ4n) is 4.09. The average Bonchev–Trinajstić information content (AvgIpc) is 3.52. The third-order valence-electron chi connectivity index (χ3n) is 6.08. The van der Waals surface area contributed by atoms with Crippen molar-refractivity contribution in [1.29, 1.82) is 0 Å². The van der Waals surface area contributed by atoms with Crippen LogP contribution >= 0.6 is 23.5 Å². The van der Waals surface area contributed by atoms with Crippen molar-refractivity contribution >= 4 is 51.0 Å². The molecule has 1 atom stereocenters. The number of ether oxygens (including phenoxy) is 6. The van der Waals surface area contributed by atoms with Gasteiger partial charge in [-0.1, -0.05) is 0 Å². The molecule has 2 N–H and O–H groups in total. The molecule has 1 spiro atoms. The van der Waals surface area contributed by atoms with Crippen molar-refractivity contribution in [3.05, 3.63) is 18.2 Å². The Kier molecular flexibility index (Phi) is 9.07. The van der Waals surface area contributed by atoms with Crippen molar-refractivity contribution in [2.75, 3.05) is 73.1 Å². The summed E-state index contributed by atoms with van der Waals surface area (Å²) in [4.78, 5) is 9.24. The smallest absolute Gasteiger partial charge is 0.487 e. The second-order valence-corrected chi connectivity index (χ2v) is 11.1. The van der Waals surface area contributed by atoms with Gasteiger partial charge in [0, 0.05) is 27.0 Å². The number of hydrazine groups is 2. The van der Waals surface area contributed by atoms with Crippen molar-refractivity contribution < 1.29 is 37.8 Å². The van der Waals surface area contributed by atoms with Gasteiger partial charge in [-0.15, -0.1) is 10.9 Å². The van der Waals surface area contributed by atoms with Crippen molar-refractivity contribution in [1.82, 2.24) is 10.9 Å². The molecule has 14 heteroatoms. The summed E-state index contributed by atoms with van der Waals surface area (Å²) in [5.41, 5.74) is 9.84. The number of aliphatic imine (C=N–C) groups is 2. The normalized spacial score (nSPS) is 27.6. The molecule has 38 heavy (non-hydrogen) atoms. The van der Waals surface area contributed by atoms with E-state index in [0.717, 1.165) is 27.4 Å². The summed E-state index contributed by atoms with van der Waals surface area (Å²) >= 11 is 3.27. The van der Waals surface area contributed by atoms with Gasteiger partial charge in [-0.05, 0) is 21.5 Å². The Morgan fingerprint density at radius 1 is 0.711 bits per heavy atom. The Labute approximate surface area is 230 Å². The van der Waals surface area contributed by atoms with Crippen LogP contribution in [0.3, 0.4) is 0 Å². The minimum absolute atomic E-state index is 0.375. The second kappa shape index (κ2) is 12.7. The van der Waals surface area contributed by atoms with Gasteiger partial charge in [0.2, 0.25) is 10.3 Å². The zero-order chi connectivity index (χ0) is 26.4. The third kappa shape index (κ3) is 5.95. The van der Waals surface area contributed by atoms with Crippen LogP contribution in [0.5, 0.6) is 11.5 Å². The van der Waals surface area contributed by atoms with Gasteiger partial charge in [-0.2, -0.15) is 0 Å². The van der Waals surface area contributed by atoms with E-state index >= 15 is 0 Å². The zero-order valence-corrected chi connectivity index (χ0v) is 23.5. The van der Waals surface area contributed by atoms with Crippen LogP contribution < -0.4 is 20.3 Å². The fraction of sp³-hybridized carbons (Fsp3) is 0.583. The number of hydrogen-bond donors (Lipinski definition) is 2. The summed E-state index contributed by atoms with van der Waals surface area (Å²) in [6.07, 6.45) is 0. The molecule has 5 rings (SSSR count). The lowest BCUT2D eigenvalue weighted by Gasteiger charge is -2.14. The number of hydrogen-bond acceptors (Lipinski definition) is 10. The Morgan fingerprint density at radius 3 is 1.79 bits per heavy atom. The maximum atomic E-state index is 6.04. The Balaban J connectivity index is 1.30. The first-order valence-electron chi connectivity index (χ1n) is 12.6. The number of nitrogens with zero attached hydrogens (tertiary/aromatic N) is 4. The summed E-state index contributed by atoms with van der Waals surface area (Å²) in [6, 6.07) is 5.67. The molecule has 4 heterocycles. The van der Waals surface area contributed by atoms with Crippen molar-refractivity contribution in [2.24, 2.45) is 9.98 Å². The Hall–Kier alpha value is -2.36. The van der Waals surface area contributed by atoms with E-state index in [9.17, 15) is 0 Å². The van der Waals surface area contributed by atoms with Crippen LogP contribution in [0.2, 0.25) is 0 Å². The number of amidine groups is 2. The minimum Gasteiger partial charge on any atom is -0.487 e. The number of benzene rings is 1. The maximum absolute atomic E-state index is 6.04. The van der Waals surface area contributed by atoms with Crippen LogP contribution in [0, 0.1) is 0 Å². The first-order valence-corrected chi connectivity index (χ1v) is 14.2. The lowest BCUT2D eigenvalue weighted by atomic mass is 10.3. The fourth-order valence-corrected chi connectivity index (χ4v) is 6.85. The zero-order valence-electron chi connectivity index (χ0n) is 21.9. The number of fused-ring (bicyclic) bond motifs is 1. The van der Waals surface area contributed by atoms with E-state index in [-0.39, 0.29) is 0 Å².